The molecule has 2 N–H and O–H groups in total. The lowest BCUT2D eigenvalue weighted by Crippen LogP contribution is -2.36. The molecule has 110 valence electrons. The molecule has 0 saturated heterocycles. The van der Waals surface area contributed by atoms with Gasteiger partial charge in [-0.25, -0.2) is 4.79 Å². The first-order valence-electron chi connectivity index (χ1n) is 6.31. The van der Waals surface area contributed by atoms with Crippen molar-refractivity contribution >= 4 is 12.1 Å². The van der Waals surface area contributed by atoms with E-state index < -0.39 is 23.7 Å². The van der Waals surface area contributed by atoms with Gasteiger partial charge in [-0.3, -0.25) is 9.78 Å². The predicted octanol–water partition coefficient (Wildman–Crippen LogP) is 2.43. The molecule has 0 aromatic carbocycles. The SMILES string of the molecule is Cc1ccncc1C(CC(=O)O)NC(=O)OC(C)(C)C. The smallest absolute Gasteiger partial charge is 0.408 e. The maximum atomic E-state index is 11.8. The van der Waals surface area contributed by atoms with Crippen LogP contribution >= 0.6 is 0 Å². The number of carbonyl (C=O) groups excluding carboxylic acids is 1. The summed E-state index contributed by atoms with van der Waals surface area (Å²) in [5.41, 5.74) is 0.894. The molecule has 6 nitrogen and oxygen atoms in total. The third-order valence-corrected chi connectivity index (χ3v) is 2.52. The number of amides is 1. The van der Waals surface area contributed by atoms with E-state index in [0.29, 0.717) is 5.56 Å². The van der Waals surface area contributed by atoms with Crippen molar-refractivity contribution in [3.63, 3.8) is 0 Å². The summed E-state index contributed by atoms with van der Waals surface area (Å²) in [4.78, 5) is 26.7. The number of alkyl carbamates (subject to hydrolysis) is 1. The molecule has 1 heterocycles. The molecule has 0 radical (unpaired) electrons. The summed E-state index contributed by atoms with van der Waals surface area (Å²) in [5, 5.41) is 11.5. The standard InChI is InChI=1S/C14H20N2O4/c1-9-5-6-15-8-10(9)11(7-12(17)18)16-13(19)20-14(2,3)4/h5-6,8,11H,7H2,1-4H3,(H,16,19)(H,17,18). The molecule has 1 unspecified atom stereocenters. The zero-order valence-corrected chi connectivity index (χ0v) is 12.1. The van der Waals surface area contributed by atoms with Crippen LogP contribution in [0.4, 0.5) is 4.79 Å². The second-order valence-electron chi connectivity index (χ2n) is 5.53. The number of aryl methyl sites for hydroxylation is 1. The maximum Gasteiger partial charge on any atom is 0.408 e. The summed E-state index contributed by atoms with van der Waals surface area (Å²) in [6.07, 6.45) is 2.29. The number of pyridine rings is 1. The van der Waals surface area contributed by atoms with E-state index in [2.05, 4.69) is 10.3 Å². The Morgan fingerprint density at radius 1 is 1.45 bits per heavy atom. The van der Waals surface area contributed by atoms with E-state index in [4.69, 9.17) is 9.84 Å². The van der Waals surface area contributed by atoms with Gasteiger partial charge in [0.25, 0.3) is 0 Å². The van der Waals surface area contributed by atoms with Crippen LogP contribution in [0.15, 0.2) is 18.5 Å². The van der Waals surface area contributed by atoms with Crippen molar-refractivity contribution in [2.24, 2.45) is 0 Å². The summed E-state index contributed by atoms with van der Waals surface area (Å²) in [6.45, 7) is 7.07. The van der Waals surface area contributed by atoms with Crippen LogP contribution in [0.25, 0.3) is 0 Å². The van der Waals surface area contributed by atoms with Crippen molar-refractivity contribution in [2.75, 3.05) is 0 Å². The van der Waals surface area contributed by atoms with Gasteiger partial charge in [0.05, 0.1) is 12.5 Å². The van der Waals surface area contributed by atoms with Crippen LogP contribution in [-0.2, 0) is 9.53 Å². The van der Waals surface area contributed by atoms with Gasteiger partial charge in [-0.05, 0) is 44.9 Å². The molecule has 1 atom stereocenters. The molecule has 6 heteroatoms. The predicted molar refractivity (Wildman–Crippen MR) is 73.3 cm³/mol. The van der Waals surface area contributed by atoms with E-state index in [1.165, 1.54) is 0 Å². The van der Waals surface area contributed by atoms with Crippen LogP contribution in [-0.4, -0.2) is 27.8 Å². The molecule has 20 heavy (non-hydrogen) atoms. The Hall–Kier alpha value is -2.11. The summed E-state index contributed by atoms with van der Waals surface area (Å²) in [6, 6.07) is 1.09. The average Bonchev–Trinajstić information content (AvgIpc) is 2.25. The molecule has 0 bridgehead atoms. The maximum absolute atomic E-state index is 11.8. The van der Waals surface area contributed by atoms with Crippen LogP contribution in [0.3, 0.4) is 0 Å². The first kappa shape index (κ1) is 15.9. The summed E-state index contributed by atoms with van der Waals surface area (Å²) in [5.74, 6) is -1.01. The fourth-order valence-electron chi connectivity index (χ4n) is 1.70. The molecular weight excluding hydrogens is 260 g/mol. The van der Waals surface area contributed by atoms with Gasteiger partial charge in [-0.2, -0.15) is 0 Å². The highest BCUT2D eigenvalue weighted by molar-refractivity contribution is 5.72. The van der Waals surface area contributed by atoms with Gasteiger partial charge in [0.2, 0.25) is 0 Å². The molecule has 0 aliphatic carbocycles. The lowest BCUT2D eigenvalue weighted by Gasteiger charge is -2.23. The van der Waals surface area contributed by atoms with Gasteiger partial charge in [0.15, 0.2) is 0 Å². The largest absolute Gasteiger partial charge is 0.481 e. The van der Waals surface area contributed by atoms with Crippen molar-refractivity contribution in [2.45, 2.75) is 45.8 Å². The number of hydrogen-bond donors (Lipinski definition) is 2. The molecule has 1 aromatic rings. The summed E-state index contributed by atoms with van der Waals surface area (Å²) >= 11 is 0. The Balaban J connectivity index is 2.88. The number of carboxylic acids is 1. The van der Waals surface area contributed by atoms with Gasteiger partial charge in [-0.15, -0.1) is 0 Å². The number of aromatic nitrogens is 1. The quantitative estimate of drug-likeness (QED) is 0.884. The third-order valence-electron chi connectivity index (χ3n) is 2.52. The van der Waals surface area contributed by atoms with Gasteiger partial charge >= 0.3 is 12.1 Å². The Morgan fingerprint density at radius 3 is 2.60 bits per heavy atom. The van der Waals surface area contributed by atoms with Crippen LogP contribution in [0.1, 0.15) is 44.4 Å². The van der Waals surface area contributed by atoms with Crippen molar-refractivity contribution in [1.82, 2.24) is 10.3 Å². The van der Waals surface area contributed by atoms with Crippen molar-refractivity contribution in [3.8, 4) is 0 Å². The second kappa shape index (κ2) is 6.36. The number of carboxylic acid groups (broad SMARTS) is 1. The van der Waals surface area contributed by atoms with Gasteiger partial charge in [-0.1, -0.05) is 0 Å². The van der Waals surface area contributed by atoms with E-state index in [1.807, 2.05) is 6.92 Å². The number of aliphatic carboxylic acids is 1. The third kappa shape index (κ3) is 5.26. The Morgan fingerprint density at radius 2 is 2.10 bits per heavy atom. The number of ether oxygens (including phenoxy) is 1. The minimum atomic E-state index is -1.01. The molecule has 0 aliphatic rings. The fraction of sp³-hybridized carbons (Fsp3) is 0.500. The van der Waals surface area contributed by atoms with E-state index in [0.717, 1.165) is 5.56 Å². The topological polar surface area (TPSA) is 88.5 Å². The number of nitrogens with zero attached hydrogens (tertiary/aromatic N) is 1. The Kier molecular flexibility index (Phi) is 5.07. The Bertz CT molecular complexity index is 494. The highest BCUT2D eigenvalue weighted by atomic mass is 16.6. The average molecular weight is 280 g/mol. The summed E-state index contributed by atoms with van der Waals surface area (Å²) < 4.78 is 5.15. The Labute approximate surface area is 118 Å². The molecule has 1 rings (SSSR count). The molecular formula is C14H20N2O4. The minimum absolute atomic E-state index is 0.230. The number of hydrogen-bond acceptors (Lipinski definition) is 4. The molecule has 0 saturated carbocycles. The summed E-state index contributed by atoms with van der Waals surface area (Å²) in [7, 11) is 0. The lowest BCUT2D eigenvalue weighted by atomic mass is 10.0. The first-order valence-corrected chi connectivity index (χ1v) is 6.31. The van der Waals surface area contributed by atoms with Crippen LogP contribution in [0, 0.1) is 6.92 Å². The van der Waals surface area contributed by atoms with Crippen molar-refractivity contribution < 1.29 is 19.4 Å². The number of nitrogens with one attached hydrogen (secondary N) is 1. The first-order chi connectivity index (χ1) is 9.19. The minimum Gasteiger partial charge on any atom is -0.481 e. The zero-order chi connectivity index (χ0) is 15.3. The zero-order valence-electron chi connectivity index (χ0n) is 12.1. The molecule has 1 aromatic heterocycles. The molecule has 1 amide bonds. The van der Waals surface area contributed by atoms with E-state index >= 15 is 0 Å². The van der Waals surface area contributed by atoms with Crippen molar-refractivity contribution in [1.29, 1.82) is 0 Å². The highest BCUT2D eigenvalue weighted by Crippen LogP contribution is 2.20. The van der Waals surface area contributed by atoms with Crippen molar-refractivity contribution in [3.05, 3.63) is 29.6 Å². The van der Waals surface area contributed by atoms with E-state index in [-0.39, 0.29) is 6.42 Å². The molecule has 0 fully saturated rings. The normalized spacial score (nSPS) is 12.6. The van der Waals surface area contributed by atoms with Gasteiger partial charge in [0, 0.05) is 12.4 Å². The number of rotatable bonds is 4. The van der Waals surface area contributed by atoms with Crippen LogP contribution < -0.4 is 5.32 Å². The lowest BCUT2D eigenvalue weighted by molar-refractivity contribution is -0.137. The highest BCUT2D eigenvalue weighted by Gasteiger charge is 2.23. The number of carbonyl (C=O) groups is 2. The molecule has 0 spiro atoms. The molecule has 0 aliphatic heterocycles. The second-order valence-corrected chi connectivity index (χ2v) is 5.53. The van der Waals surface area contributed by atoms with E-state index in [1.54, 1.807) is 39.2 Å². The van der Waals surface area contributed by atoms with Crippen LogP contribution in [0.2, 0.25) is 0 Å². The van der Waals surface area contributed by atoms with Gasteiger partial charge in [0.1, 0.15) is 5.60 Å². The van der Waals surface area contributed by atoms with Crippen LogP contribution in [0.5, 0.6) is 0 Å². The fourth-order valence-corrected chi connectivity index (χ4v) is 1.70. The van der Waals surface area contributed by atoms with Gasteiger partial charge < -0.3 is 15.2 Å². The van der Waals surface area contributed by atoms with E-state index in [9.17, 15) is 9.59 Å². The monoisotopic (exact) mass is 280 g/mol.